The number of nitrogens with two attached hydrogens (primary N) is 1. The smallest absolute Gasteiger partial charge is 0.292 e. The first kappa shape index (κ1) is 13.8. The van der Waals surface area contributed by atoms with Gasteiger partial charge in [0.25, 0.3) is 5.69 Å². The summed E-state index contributed by atoms with van der Waals surface area (Å²) in [5, 5.41) is 10.8. The molecule has 0 heterocycles. The van der Waals surface area contributed by atoms with Crippen LogP contribution in [0.1, 0.15) is 5.56 Å². The average Bonchev–Trinajstić information content (AvgIpc) is 2.41. The summed E-state index contributed by atoms with van der Waals surface area (Å²) in [4.78, 5) is 12.0. The van der Waals surface area contributed by atoms with Crippen LogP contribution in [0.3, 0.4) is 0 Å². The number of halogens is 1. The lowest BCUT2D eigenvalue weighted by atomic mass is 10.1. The van der Waals surface area contributed by atoms with E-state index in [0.717, 1.165) is 0 Å². The summed E-state index contributed by atoms with van der Waals surface area (Å²) in [6.45, 7) is 0.286. The maximum atomic E-state index is 13.7. The number of anilines is 2. The van der Waals surface area contributed by atoms with Crippen molar-refractivity contribution in [2.45, 2.75) is 6.54 Å². The summed E-state index contributed by atoms with van der Waals surface area (Å²) < 4.78 is 13.7. The number of hydrogen-bond donors (Lipinski definition) is 1. The van der Waals surface area contributed by atoms with Gasteiger partial charge in [0.05, 0.1) is 10.6 Å². The third-order valence-electron chi connectivity index (χ3n) is 3.04. The van der Waals surface area contributed by atoms with Crippen LogP contribution in [0.5, 0.6) is 0 Å². The Kier molecular flexibility index (Phi) is 3.84. The molecule has 0 aliphatic heterocycles. The van der Waals surface area contributed by atoms with Crippen LogP contribution in [0.4, 0.5) is 21.5 Å². The van der Waals surface area contributed by atoms with E-state index in [1.54, 1.807) is 42.3 Å². The van der Waals surface area contributed by atoms with E-state index < -0.39 is 4.92 Å². The molecule has 0 aliphatic rings. The molecule has 2 rings (SSSR count). The van der Waals surface area contributed by atoms with Gasteiger partial charge in [-0.2, -0.15) is 0 Å². The van der Waals surface area contributed by atoms with Crippen molar-refractivity contribution in [1.29, 1.82) is 0 Å². The molecular weight excluding hydrogens is 261 g/mol. The van der Waals surface area contributed by atoms with Crippen LogP contribution in [0.15, 0.2) is 42.5 Å². The first-order valence-corrected chi connectivity index (χ1v) is 5.98. The maximum absolute atomic E-state index is 13.7. The van der Waals surface area contributed by atoms with E-state index in [2.05, 4.69) is 0 Å². The SMILES string of the molecule is CN(Cc1cccc([N+](=O)[O-])c1N)c1ccccc1F. The van der Waals surface area contributed by atoms with Gasteiger partial charge in [-0.05, 0) is 12.1 Å². The van der Waals surface area contributed by atoms with Crippen LogP contribution in [-0.2, 0) is 6.54 Å². The second-order valence-electron chi connectivity index (χ2n) is 4.41. The molecule has 2 N–H and O–H groups in total. The third kappa shape index (κ3) is 2.69. The van der Waals surface area contributed by atoms with Crippen LogP contribution in [0, 0.1) is 15.9 Å². The van der Waals surface area contributed by atoms with Gasteiger partial charge in [-0.1, -0.05) is 24.3 Å². The zero-order chi connectivity index (χ0) is 14.7. The first-order chi connectivity index (χ1) is 9.50. The van der Waals surface area contributed by atoms with Gasteiger partial charge >= 0.3 is 0 Å². The Balaban J connectivity index is 2.29. The number of para-hydroxylation sites is 2. The predicted molar refractivity (Wildman–Crippen MR) is 76.0 cm³/mol. The standard InChI is InChI=1S/C14H14FN3O2/c1-17(12-7-3-2-6-11(12)15)9-10-5-4-8-13(14(10)16)18(19)20/h2-8H,9,16H2,1H3. The van der Waals surface area contributed by atoms with Crippen molar-refractivity contribution in [2.75, 3.05) is 17.7 Å². The number of nitro groups is 1. The average molecular weight is 275 g/mol. The van der Waals surface area contributed by atoms with Crippen molar-refractivity contribution in [3.05, 3.63) is 64.0 Å². The topological polar surface area (TPSA) is 72.4 Å². The lowest BCUT2D eigenvalue weighted by Gasteiger charge is -2.20. The Morgan fingerprint density at radius 2 is 1.95 bits per heavy atom. The zero-order valence-electron chi connectivity index (χ0n) is 10.9. The first-order valence-electron chi connectivity index (χ1n) is 5.98. The number of hydrogen-bond acceptors (Lipinski definition) is 4. The Morgan fingerprint density at radius 1 is 1.25 bits per heavy atom. The highest BCUT2D eigenvalue weighted by molar-refractivity contribution is 5.64. The van der Waals surface area contributed by atoms with E-state index in [0.29, 0.717) is 11.3 Å². The highest BCUT2D eigenvalue weighted by atomic mass is 19.1. The molecule has 0 amide bonds. The fraction of sp³-hybridized carbons (Fsp3) is 0.143. The van der Waals surface area contributed by atoms with Crippen molar-refractivity contribution in [3.8, 4) is 0 Å². The Bertz CT molecular complexity index is 646. The second kappa shape index (κ2) is 5.56. The van der Waals surface area contributed by atoms with Crippen molar-refractivity contribution in [2.24, 2.45) is 0 Å². The summed E-state index contributed by atoms with van der Waals surface area (Å²) in [6, 6.07) is 11.0. The Morgan fingerprint density at radius 3 is 2.60 bits per heavy atom. The van der Waals surface area contributed by atoms with Crippen LogP contribution in [0.2, 0.25) is 0 Å². The largest absolute Gasteiger partial charge is 0.393 e. The Hall–Kier alpha value is -2.63. The van der Waals surface area contributed by atoms with Crippen LogP contribution in [0.25, 0.3) is 0 Å². The van der Waals surface area contributed by atoms with Gasteiger partial charge in [0, 0.05) is 25.2 Å². The molecule has 0 aromatic heterocycles. The molecule has 6 heteroatoms. The maximum Gasteiger partial charge on any atom is 0.292 e. The normalized spacial score (nSPS) is 10.3. The third-order valence-corrected chi connectivity index (χ3v) is 3.04. The minimum absolute atomic E-state index is 0.112. The van der Waals surface area contributed by atoms with Gasteiger partial charge in [-0.25, -0.2) is 4.39 Å². The molecule has 0 saturated carbocycles. The highest BCUT2D eigenvalue weighted by Gasteiger charge is 2.16. The van der Waals surface area contributed by atoms with Gasteiger partial charge in [0.15, 0.2) is 0 Å². The molecule has 0 bridgehead atoms. The van der Waals surface area contributed by atoms with Crippen LogP contribution in [-0.4, -0.2) is 12.0 Å². The molecule has 2 aromatic carbocycles. The molecule has 20 heavy (non-hydrogen) atoms. The van der Waals surface area contributed by atoms with E-state index in [-0.39, 0.29) is 23.7 Å². The van der Waals surface area contributed by atoms with Crippen molar-refractivity contribution in [3.63, 3.8) is 0 Å². The number of benzene rings is 2. The molecule has 0 fully saturated rings. The quantitative estimate of drug-likeness (QED) is 0.529. The van der Waals surface area contributed by atoms with E-state index in [9.17, 15) is 14.5 Å². The van der Waals surface area contributed by atoms with Crippen LogP contribution >= 0.6 is 0 Å². The molecule has 5 nitrogen and oxygen atoms in total. The highest BCUT2D eigenvalue weighted by Crippen LogP contribution is 2.27. The molecular formula is C14H14FN3O2. The summed E-state index contributed by atoms with van der Waals surface area (Å²) in [7, 11) is 1.71. The summed E-state index contributed by atoms with van der Waals surface area (Å²) in [5.41, 5.74) is 6.77. The molecule has 0 spiro atoms. The molecule has 0 unspecified atom stereocenters. The van der Waals surface area contributed by atoms with Gasteiger partial charge in [0.2, 0.25) is 0 Å². The van der Waals surface area contributed by atoms with Crippen LogP contribution < -0.4 is 10.6 Å². The van der Waals surface area contributed by atoms with Crippen molar-refractivity contribution >= 4 is 17.1 Å². The minimum Gasteiger partial charge on any atom is -0.393 e. The fourth-order valence-corrected chi connectivity index (χ4v) is 2.00. The van der Waals surface area contributed by atoms with E-state index >= 15 is 0 Å². The molecule has 0 saturated heterocycles. The monoisotopic (exact) mass is 275 g/mol. The molecule has 0 atom stereocenters. The van der Waals surface area contributed by atoms with Crippen molar-refractivity contribution in [1.82, 2.24) is 0 Å². The van der Waals surface area contributed by atoms with E-state index in [4.69, 9.17) is 5.73 Å². The predicted octanol–water partition coefficient (Wildman–Crippen LogP) is 2.95. The number of rotatable bonds is 4. The van der Waals surface area contributed by atoms with E-state index in [1.165, 1.54) is 12.1 Å². The molecule has 0 aliphatic carbocycles. The van der Waals surface area contributed by atoms with Crippen molar-refractivity contribution < 1.29 is 9.31 Å². The second-order valence-corrected chi connectivity index (χ2v) is 4.41. The Labute approximate surface area is 115 Å². The number of nitrogen functional groups attached to an aromatic ring is 1. The van der Waals surface area contributed by atoms with Gasteiger partial charge in [-0.15, -0.1) is 0 Å². The lowest BCUT2D eigenvalue weighted by molar-refractivity contribution is -0.383. The minimum atomic E-state index is -0.526. The zero-order valence-corrected chi connectivity index (χ0v) is 10.9. The summed E-state index contributed by atoms with van der Waals surface area (Å²) in [6.07, 6.45) is 0. The molecule has 0 radical (unpaired) electrons. The van der Waals surface area contributed by atoms with Gasteiger partial charge in [0.1, 0.15) is 11.5 Å². The summed E-state index contributed by atoms with van der Waals surface area (Å²) >= 11 is 0. The molecule has 104 valence electrons. The van der Waals surface area contributed by atoms with Gasteiger partial charge in [-0.3, -0.25) is 10.1 Å². The molecule has 2 aromatic rings. The summed E-state index contributed by atoms with van der Waals surface area (Å²) in [5.74, 6) is -0.348. The lowest BCUT2D eigenvalue weighted by Crippen LogP contribution is -2.18. The van der Waals surface area contributed by atoms with E-state index in [1.807, 2.05) is 0 Å². The fourth-order valence-electron chi connectivity index (χ4n) is 2.00. The van der Waals surface area contributed by atoms with Gasteiger partial charge < -0.3 is 10.6 Å². The number of nitro benzene ring substituents is 1. The number of nitrogens with zero attached hydrogens (tertiary/aromatic N) is 2.